The zero-order valence-electron chi connectivity index (χ0n) is 18.8. The van der Waals surface area contributed by atoms with E-state index >= 15 is 0 Å². The minimum Gasteiger partial charge on any atom is -0.476 e. The van der Waals surface area contributed by atoms with Crippen molar-refractivity contribution in [1.29, 1.82) is 5.26 Å². The zero-order chi connectivity index (χ0) is 24.5. The molecule has 6 nitrogen and oxygen atoms in total. The van der Waals surface area contributed by atoms with Gasteiger partial charge >= 0.3 is 5.97 Å². The van der Waals surface area contributed by atoms with E-state index in [1.54, 1.807) is 24.3 Å². The van der Waals surface area contributed by atoms with Gasteiger partial charge in [-0.1, -0.05) is 72.8 Å². The van der Waals surface area contributed by atoms with Crippen LogP contribution in [-0.4, -0.2) is 20.9 Å². The maximum Gasteiger partial charge on any atom is 0.357 e. The lowest BCUT2D eigenvalue weighted by Crippen LogP contribution is -2.28. The zero-order valence-corrected chi connectivity index (χ0v) is 18.8. The number of nitriles is 1. The lowest BCUT2D eigenvalue weighted by molar-refractivity contribution is 0.0688. The number of aromatic nitrogens is 2. The quantitative estimate of drug-likeness (QED) is 0.355. The van der Waals surface area contributed by atoms with Crippen molar-refractivity contribution in [3.8, 4) is 11.8 Å². The van der Waals surface area contributed by atoms with Gasteiger partial charge in [-0.15, -0.1) is 0 Å². The molecule has 168 valence electrons. The number of fused-ring (bicyclic) bond motifs is 2. The van der Waals surface area contributed by atoms with Gasteiger partial charge in [-0.05, 0) is 57.8 Å². The van der Waals surface area contributed by atoms with E-state index in [4.69, 9.17) is 0 Å². The topological polar surface area (TPSA) is 96.0 Å². The Kier molecular flexibility index (Phi) is 5.44. The Balaban J connectivity index is 1.77. The molecular formula is C29H19N3O3. The third-order valence-corrected chi connectivity index (χ3v) is 5.92. The Morgan fingerprint density at radius 1 is 0.914 bits per heavy atom. The first-order chi connectivity index (χ1) is 17.0. The van der Waals surface area contributed by atoms with Gasteiger partial charge in [0.1, 0.15) is 11.6 Å². The summed E-state index contributed by atoms with van der Waals surface area (Å²) in [6, 6.07) is 26.7. The summed E-state index contributed by atoms with van der Waals surface area (Å²) in [5, 5.41) is 27.9. The largest absolute Gasteiger partial charge is 0.476 e. The molecule has 0 saturated carbocycles. The number of nitrogens with zero attached hydrogens (tertiary/aromatic N) is 3. The standard InChI is InChI=1S/C29H19N3O3/c1-18-7-6-10-21(15-18)32-28(33)26(17-30)25(27(31-32)29(34)35)14-13-24-22-11-4-2-8-19(22)16-20-9-3-5-12-23(20)24/h2-16H,1H3,(H,34,35)/b14-13-. The van der Waals surface area contributed by atoms with Crippen molar-refractivity contribution in [2.24, 2.45) is 0 Å². The van der Waals surface area contributed by atoms with Crippen molar-refractivity contribution >= 4 is 39.7 Å². The molecule has 0 spiro atoms. The van der Waals surface area contributed by atoms with Crippen LogP contribution < -0.4 is 5.56 Å². The number of aryl methyl sites for hydroxylation is 1. The maximum atomic E-state index is 13.2. The highest BCUT2D eigenvalue weighted by Gasteiger charge is 2.21. The van der Waals surface area contributed by atoms with Crippen LogP contribution >= 0.6 is 0 Å². The number of rotatable bonds is 4. The van der Waals surface area contributed by atoms with Gasteiger partial charge in [-0.3, -0.25) is 4.79 Å². The Labute approximate surface area is 200 Å². The second-order valence-electron chi connectivity index (χ2n) is 8.18. The van der Waals surface area contributed by atoms with Crippen molar-refractivity contribution in [2.75, 3.05) is 0 Å². The molecule has 0 aliphatic carbocycles. The summed E-state index contributed by atoms with van der Waals surface area (Å²) >= 11 is 0. The highest BCUT2D eigenvalue weighted by atomic mass is 16.4. The van der Waals surface area contributed by atoms with E-state index in [2.05, 4.69) is 11.2 Å². The molecule has 0 unspecified atom stereocenters. The SMILES string of the molecule is Cc1cccc(-n2nc(C(=O)O)c(/C=C\c3c4ccccc4cc4ccccc34)c(C#N)c2=O)c1. The van der Waals surface area contributed by atoms with Crippen LogP contribution in [0, 0.1) is 18.3 Å². The second kappa shape index (κ2) is 8.73. The molecule has 5 aromatic rings. The lowest BCUT2D eigenvalue weighted by atomic mass is 9.95. The summed E-state index contributed by atoms with van der Waals surface area (Å²) < 4.78 is 0.972. The summed E-state index contributed by atoms with van der Waals surface area (Å²) in [5.74, 6) is -1.33. The number of carboxylic acids is 1. The molecule has 6 heteroatoms. The highest BCUT2D eigenvalue weighted by Crippen LogP contribution is 2.30. The minimum atomic E-state index is -1.33. The van der Waals surface area contributed by atoms with Crippen molar-refractivity contribution in [1.82, 2.24) is 9.78 Å². The van der Waals surface area contributed by atoms with Crippen LogP contribution in [0.5, 0.6) is 0 Å². The molecular weight excluding hydrogens is 438 g/mol. The molecule has 35 heavy (non-hydrogen) atoms. The van der Waals surface area contributed by atoms with Gasteiger partial charge in [-0.25, -0.2) is 4.79 Å². The van der Waals surface area contributed by atoms with Crippen molar-refractivity contribution in [3.05, 3.63) is 117 Å². The first-order valence-corrected chi connectivity index (χ1v) is 10.9. The molecule has 0 bridgehead atoms. The molecule has 1 aromatic heterocycles. The van der Waals surface area contributed by atoms with Crippen LogP contribution in [0.4, 0.5) is 0 Å². The van der Waals surface area contributed by atoms with E-state index in [1.807, 2.05) is 67.6 Å². The molecule has 0 radical (unpaired) electrons. The number of carbonyl (C=O) groups is 1. The Morgan fingerprint density at radius 3 is 2.14 bits per heavy atom. The van der Waals surface area contributed by atoms with E-state index in [0.717, 1.165) is 37.4 Å². The van der Waals surface area contributed by atoms with Gasteiger partial charge in [-0.2, -0.15) is 15.0 Å². The number of hydrogen-bond acceptors (Lipinski definition) is 4. The van der Waals surface area contributed by atoms with Crippen LogP contribution in [0.25, 0.3) is 39.4 Å². The summed E-state index contributed by atoms with van der Waals surface area (Å²) in [6.45, 7) is 1.85. The normalized spacial score (nSPS) is 11.2. The first-order valence-electron chi connectivity index (χ1n) is 10.9. The summed E-state index contributed by atoms with van der Waals surface area (Å²) in [4.78, 5) is 25.4. The van der Waals surface area contributed by atoms with E-state index in [9.17, 15) is 20.0 Å². The van der Waals surface area contributed by atoms with Crippen LogP contribution in [0.2, 0.25) is 0 Å². The van der Waals surface area contributed by atoms with Crippen LogP contribution in [0.1, 0.15) is 32.7 Å². The Morgan fingerprint density at radius 2 is 1.54 bits per heavy atom. The fourth-order valence-corrected chi connectivity index (χ4v) is 4.30. The van der Waals surface area contributed by atoms with Crippen molar-refractivity contribution in [3.63, 3.8) is 0 Å². The van der Waals surface area contributed by atoms with Crippen LogP contribution in [0.15, 0.2) is 83.7 Å². The lowest BCUT2D eigenvalue weighted by Gasteiger charge is -2.11. The van der Waals surface area contributed by atoms with Gasteiger partial charge in [0.2, 0.25) is 0 Å². The summed E-state index contributed by atoms with van der Waals surface area (Å²) in [6.07, 6.45) is 3.26. The predicted molar refractivity (Wildman–Crippen MR) is 137 cm³/mol. The summed E-state index contributed by atoms with van der Waals surface area (Å²) in [5.41, 5.74) is 0.782. The number of aromatic carboxylic acids is 1. The fourth-order valence-electron chi connectivity index (χ4n) is 4.30. The van der Waals surface area contributed by atoms with Gasteiger partial charge < -0.3 is 5.11 Å². The predicted octanol–water partition coefficient (Wildman–Crippen LogP) is 5.59. The molecule has 0 atom stereocenters. The molecule has 5 rings (SSSR count). The molecule has 0 aliphatic heterocycles. The number of carboxylic acid groups (broad SMARTS) is 1. The Bertz CT molecular complexity index is 1720. The average Bonchev–Trinajstić information content (AvgIpc) is 2.86. The van der Waals surface area contributed by atoms with Gasteiger partial charge in [0.15, 0.2) is 5.69 Å². The molecule has 0 saturated heterocycles. The van der Waals surface area contributed by atoms with Crippen LogP contribution in [0.3, 0.4) is 0 Å². The molecule has 0 aliphatic rings. The van der Waals surface area contributed by atoms with Crippen molar-refractivity contribution < 1.29 is 9.90 Å². The van der Waals surface area contributed by atoms with E-state index in [-0.39, 0.29) is 16.8 Å². The van der Waals surface area contributed by atoms with Gasteiger partial charge in [0.25, 0.3) is 5.56 Å². The Hall–Kier alpha value is -5.02. The van der Waals surface area contributed by atoms with E-state index < -0.39 is 11.5 Å². The average molecular weight is 457 g/mol. The molecule has 1 heterocycles. The highest BCUT2D eigenvalue weighted by molar-refractivity contribution is 6.08. The molecule has 4 aromatic carbocycles. The van der Waals surface area contributed by atoms with E-state index in [0.29, 0.717) is 5.69 Å². The van der Waals surface area contributed by atoms with Crippen molar-refractivity contribution in [2.45, 2.75) is 6.92 Å². The first kappa shape index (κ1) is 21.8. The summed E-state index contributed by atoms with van der Waals surface area (Å²) in [7, 11) is 0. The number of benzene rings is 4. The van der Waals surface area contributed by atoms with E-state index in [1.165, 1.54) is 6.08 Å². The molecule has 1 N–H and O–H groups in total. The van der Waals surface area contributed by atoms with Gasteiger partial charge in [0.05, 0.1) is 5.69 Å². The van der Waals surface area contributed by atoms with Crippen LogP contribution in [-0.2, 0) is 0 Å². The third kappa shape index (κ3) is 3.85. The molecule has 0 fully saturated rings. The smallest absolute Gasteiger partial charge is 0.357 e. The second-order valence-corrected chi connectivity index (χ2v) is 8.18. The minimum absolute atomic E-state index is 0.0223. The number of hydrogen-bond donors (Lipinski definition) is 1. The molecule has 0 amide bonds. The maximum absolute atomic E-state index is 13.2. The monoisotopic (exact) mass is 457 g/mol. The third-order valence-electron chi connectivity index (χ3n) is 5.92. The fraction of sp³-hybridized carbons (Fsp3) is 0.0345. The van der Waals surface area contributed by atoms with Gasteiger partial charge in [0, 0.05) is 5.56 Å².